The van der Waals surface area contributed by atoms with Gasteiger partial charge in [-0.15, -0.1) is 0 Å². The summed E-state index contributed by atoms with van der Waals surface area (Å²) in [6, 6.07) is -0.825. The molecule has 7 heteroatoms. The van der Waals surface area contributed by atoms with Crippen molar-refractivity contribution in [3.8, 4) is 0 Å². The lowest BCUT2D eigenvalue weighted by molar-refractivity contribution is -0.160. The maximum atomic E-state index is 11.8. The number of rotatable bonds is 7. The van der Waals surface area contributed by atoms with Crippen molar-refractivity contribution < 1.29 is 29.3 Å². The van der Waals surface area contributed by atoms with E-state index in [-0.39, 0.29) is 12.5 Å². The van der Waals surface area contributed by atoms with Crippen LogP contribution < -0.4 is 5.32 Å². The molecule has 7 nitrogen and oxygen atoms in total. The Kier molecular flexibility index (Phi) is 8.40. The molecule has 130 valence electrons. The Labute approximate surface area is 132 Å². The predicted molar refractivity (Wildman–Crippen MR) is 81.3 cm³/mol. The molecule has 22 heavy (non-hydrogen) atoms. The molecule has 0 heterocycles. The Balaban J connectivity index is 4.88. The van der Waals surface area contributed by atoms with Gasteiger partial charge >= 0.3 is 12.1 Å². The van der Waals surface area contributed by atoms with Crippen LogP contribution >= 0.6 is 0 Å². The molecule has 3 atom stereocenters. The van der Waals surface area contributed by atoms with Crippen LogP contribution in [0, 0.1) is 5.92 Å². The third-order valence-corrected chi connectivity index (χ3v) is 2.69. The number of carbonyl (C=O) groups is 2. The average molecular weight is 319 g/mol. The van der Waals surface area contributed by atoms with Crippen LogP contribution in [0.5, 0.6) is 0 Å². The summed E-state index contributed by atoms with van der Waals surface area (Å²) in [7, 11) is 0. The molecule has 1 amide bonds. The zero-order valence-corrected chi connectivity index (χ0v) is 14.3. The molecule has 0 aliphatic rings. The first kappa shape index (κ1) is 20.7. The van der Waals surface area contributed by atoms with Crippen molar-refractivity contribution in [2.75, 3.05) is 6.61 Å². The number of aliphatic hydroxyl groups excluding tert-OH is 2. The number of alkyl carbamates (subject to hydrolysis) is 1. The second kappa shape index (κ2) is 8.95. The fourth-order valence-electron chi connectivity index (χ4n) is 1.84. The highest BCUT2D eigenvalue weighted by atomic mass is 16.6. The summed E-state index contributed by atoms with van der Waals surface area (Å²) in [5.74, 6) is -0.793. The first-order valence-electron chi connectivity index (χ1n) is 7.50. The summed E-state index contributed by atoms with van der Waals surface area (Å²) in [6.07, 6.45) is -3.54. The van der Waals surface area contributed by atoms with E-state index in [9.17, 15) is 19.8 Å². The number of ether oxygens (including phenoxy) is 2. The van der Waals surface area contributed by atoms with Gasteiger partial charge in [0.25, 0.3) is 0 Å². The molecular weight excluding hydrogens is 290 g/mol. The smallest absolute Gasteiger partial charge is 0.407 e. The van der Waals surface area contributed by atoms with Crippen LogP contribution in [0.3, 0.4) is 0 Å². The average Bonchev–Trinajstić information content (AvgIpc) is 2.33. The van der Waals surface area contributed by atoms with Crippen LogP contribution in [-0.4, -0.2) is 52.7 Å². The van der Waals surface area contributed by atoms with E-state index in [0.29, 0.717) is 6.42 Å². The quantitative estimate of drug-likeness (QED) is 0.609. The molecule has 0 saturated heterocycles. The third kappa shape index (κ3) is 8.19. The number of hydrogen-bond donors (Lipinski definition) is 3. The molecule has 0 aliphatic carbocycles. The summed E-state index contributed by atoms with van der Waals surface area (Å²) >= 11 is 0. The number of aliphatic hydroxyl groups is 2. The standard InChI is InChI=1S/C15H29NO6/c1-7-21-13(19)12(18)11(17)10(8-9(2)3)16-14(20)22-15(4,5)6/h9-12,17-18H,7-8H2,1-6H3,(H,16,20)/t10-,11-,12+/m0/s1. The second-order valence-electron chi connectivity index (χ2n) is 6.57. The maximum absolute atomic E-state index is 11.8. The van der Waals surface area contributed by atoms with Gasteiger partial charge in [-0.05, 0) is 40.0 Å². The lowest BCUT2D eigenvalue weighted by Crippen LogP contribution is -2.52. The van der Waals surface area contributed by atoms with Crippen molar-refractivity contribution in [1.29, 1.82) is 0 Å². The molecule has 0 aromatic heterocycles. The summed E-state index contributed by atoms with van der Waals surface area (Å²) in [5, 5.41) is 22.5. The molecule has 0 fully saturated rings. The predicted octanol–water partition coefficient (Wildman–Crippen LogP) is 1.21. The van der Waals surface area contributed by atoms with Gasteiger partial charge < -0.3 is 25.0 Å². The third-order valence-electron chi connectivity index (χ3n) is 2.69. The summed E-state index contributed by atoms with van der Waals surface area (Å²) in [5.41, 5.74) is -0.683. The van der Waals surface area contributed by atoms with Crippen molar-refractivity contribution in [3.05, 3.63) is 0 Å². The van der Waals surface area contributed by atoms with Crippen molar-refractivity contribution in [3.63, 3.8) is 0 Å². The molecule has 0 aromatic rings. The van der Waals surface area contributed by atoms with Crippen LogP contribution in [0.15, 0.2) is 0 Å². The zero-order chi connectivity index (χ0) is 17.5. The van der Waals surface area contributed by atoms with Gasteiger partial charge in [-0.1, -0.05) is 13.8 Å². The van der Waals surface area contributed by atoms with Crippen molar-refractivity contribution in [2.24, 2.45) is 5.92 Å². The summed E-state index contributed by atoms with van der Waals surface area (Å²) in [6.45, 7) is 10.6. The largest absolute Gasteiger partial charge is 0.464 e. The zero-order valence-electron chi connectivity index (χ0n) is 14.3. The minimum atomic E-state index is -1.72. The van der Waals surface area contributed by atoms with E-state index in [2.05, 4.69) is 10.1 Å². The minimum Gasteiger partial charge on any atom is -0.464 e. The van der Waals surface area contributed by atoms with E-state index in [1.807, 2.05) is 13.8 Å². The topological polar surface area (TPSA) is 105 Å². The molecule has 0 radical (unpaired) electrons. The van der Waals surface area contributed by atoms with E-state index < -0.39 is 35.9 Å². The van der Waals surface area contributed by atoms with Crippen LogP contribution in [0.4, 0.5) is 4.79 Å². The van der Waals surface area contributed by atoms with Crippen LogP contribution in [-0.2, 0) is 14.3 Å². The number of hydrogen-bond acceptors (Lipinski definition) is 6. The highest BCUT2D eigenvalue weighted by molar-refractivity contribution is 5.75. The van der Waals surface area contributed by atoms with Gasteiger partial charge in [0.2, 0.25) is 0 Å². The normalized spacial score (nSPS) is 15.9. The van der Waals surface area contributed by atoms with Gasteiger partial charge in [-0.3, -0.25) is 0 Å². The van der Waals surface area contributed by atoms with Crippen molar-refractivity contribution in [1.82, 2.24) is 5.32 Å². The van der Waals surface area contributed by atoms with Crippen molar-refractivity contribution in [2.45, 2.75) is 71.8 Å². The fraction of sp³-hybridized carbons (Fsp3) is 0.867. The van der Waals surface area contributed by atoms with Crippen LogP contribution in [0.1, 0.15) is 48.0 Å². The Morgan fingerprint density at radius 3 is 2.14 bits per heavy atom. The number of nitrogens with one attached hydrogen (secondary N) is 1. The second-order valence-corrected chi connectivity index (χ2v) is 6.57. The van der Waals surface area contributed by atoms with Gasteiger partial charge in [0, 0.05) is 0 Å². The molecular formula is C15H29NO6. The highest BCUT2D eigenvalue weighted by Gasteiger charge is 2.34. The van der Waals surface area contributed by atoms with Crippen LogP contribution in [0.25, 0.3) is 0 Å². The van der Waals surface area contributed by atoms with E-state index in [1.54, 1.807) is 27.7 Å². The monoisotopic (exact) mass is 319 g/mol. The van der Waals surface area contributed by atoms with E-state index >= 15 is 0 Å². The lowest BCUT2D eigenvalue weighted by atomic mass is 9.96. The molecule has 0 unspecified atom stereocenters. The van der Waals surface area contributed by atoms with Gasteiger partial charge in [0.05, 0.1) is 12.6 Å². The maximum Gasteiger partial charge on any atom is 0.407 e. The van der Waals surface area contributed by atoms with Gasteiger partial charge in [0.1, 0.15) is 11.7 Å². The van der Waals surface area contributed by atoms with E-state index in [0.717, 1.165) is 0 Å². The van der Waals surface area contributed by atoms with Gasteiger partial charge in [-0.25, -0.2) is 9.59 Å². The first-order valence-corrected chi connectivity index (χ1v) is 7.50. The van der Waals surface area contributed by atoms with E-state index in [1.165, 1.54) is 0 Å². The summed E-state index contributed by atoms with van der Waals surface area (Å²) in [4.78, 5) is 23.3. The fourth-order valence-corrected chi connectivity index (χ4v) is 1.84. The minimum absolute atomic E-state index is 0.0942. The van der Waals surface area contributed by atoms with Crippen molar-refractivity contribution >= 4 is 12.1 Å². The van der Waals surface area contributed by atoms with Gasteiger partial charge in [0.15, 0.2) is 6.10 Å². The lowest BCUT2D eigenvalue weighted by Gasteiger charge is -2.29. The van der Waals surface area contributed by atoms with Crippen LogP contribution in [0.2, 0.25) is 0 Å². The molecule has 0 saturated carbocycles. The summed E-state index contributed by atoms with van der Waals surface area (Å²) < 4.78 is 9.80. The molecule has 0 spiro atoms. The Bertz CT molecular complexity index is 364. The van der Waals surface area contributed by atoms with E-state index in [4.69, 9.17) is 4.74 Å². The Morgan fingerprint density at radius 1 is 1.18 bits per heavy atom. The molecule has 0 aromatic carbocycles. The molecule has 0 rings (SSSR count). The Hall–Kier alpha value is -1.34. The Morgan fingerprint density at radius 2 is 1.73 bits per heavy atom. The number of esters is 1. The molecule has 0 aliphatic heterocycles. The van der Waals surface area contributed by atoms with Gasteiger partial charge in [-0.2, -0.15) is 0 Å². The first-order chi connectivity index (χ1) is 9.97. The number of carbonyl (C=O) groups excluding carboxylic acids is 2. The SMILES string of the molecule is CCOC(=O)[C@H](O)[C@@H](O)[C@H](CC(C)C)NC(=O)OC(C)(C)C. The number of amides is 1. The molecule has 0 bridgehead atoms. The highest BCUT2D eigenvalue weighted by Crippen LogP contribution is 2.14. The molecule has 3 N–H and O–H groups in total.